The van der Waals surface area contributed by atoms with E-state index in [9.17, 15) is 18.4 Å². The Labute approximate surface area is 147 Å². The zero-order valence-electron chi connectivity index (χ0n) is 13.3. The van der Waals surface area contributed by atoms with Gasteiger partial charge in [-0.1, -0.05) is 41.6 Å². The van der Waals surface area contributed by atoms with E-state index in [0.29, 0.717) is 11.1 Å². The molecule has 0 saturated carbocycles. The van der Waals surface area contributed by atoms with Gasteiger partial charge in [0.15, 0.2) is 0 Å². The summed E-state index contributed by atoms with van der Waals surface area (Å²) < 4.78 is 26.4. The summed E-state index contributed by atoms with van der Waals surface area (Å²) in [6.07, 6.45) is -0.140. The first-order valence-electron chi connectivity index (χ1n) is 7.53. The highest BCUT2D eigenvalue weighted by molar-refractivity contribution is 8.16. The standard InChI is InChI=1S/C18H14F2N2O2S/c1-10-2-4-11(5-3-10)18-22-17(24)15(25-18)9-16(23)21-14-7-6-12(19)8-13(14)20/h2-8,15H,9H2,1H3,(H,21,23)/t15-/m1/s1. The lowest BCUT2D eigenvalue weighted by atomic mass is 10.2. The summed E-state index contributed by atoms with van der Waals surface area (Å²) in [5.41, 5.74) is 1.79. The molecule has 0 radical (unpaired) electrons. The van der Waals surface area contributed by atoms with Crippen molar-refractivity contribution in [3.05, 3.63) is 65.2 Å². The number of rotatable bonds is 4. The smallest absolute Gasteiger partial charge is 0.260 e. The molecule has 128 valence electrons. The van der Waals surface area contributed by atoms with Gasteiger partial charge in [-0.25, -0.2) is 13.8 Å². The van der Waals surface area contributed by atoms with Crippen LogP contribution in [-0.2, 0) is 9.59 Å². The number of nitrogens with one attached hydrogen (secondary N) is 1. The van der Waals surface area contributed by atoms with E-state index in [2.05, 4.69) is 10.3 Å². The molecule has 7 heteroatoms. The number of halogens is 2. The fraction of sp³-hybridized carbons (Fsp3) is 0.167. The molecule has 0 bridgehead atoms. The molecule has 0 aromatic heterocycles. The summed E-state index contributed by atoms with van der Waals surface area (Å²) in [6, 6.07) is 10.4. The molecular weight excluding hydrogens is 346 g/mol. The first-order chi connectivity index (χ1) is 11.9. The monoisotopic (exact) mass is 360 g/mol. The molecule has 1 atom stereocenters. The van der Waals surface area contributed by atoms with Crippen LogP contribution in [0, 0.1) is 18.6 Å². The second kappa shape index (κ2) is 7.14. The second-order valence-corrected chi connectivity index (χ2v) is 6.80. The van der Waals surface area contributed by atoms with E-state index in [1.54, 1.807) is 0 Å². The maximum absolute atomic E-state index is 13.6. The minimum Gasteiger partial charge on any atom is -0.324 e. The highest BCUT2D eigenvalue weighted by Crippen LogP contribution is 2.29. The molecule has 25 heavy (non-hydrogen) atoms. The van der Waals surface area contributed by atoms with Crippen LogP contribution in [0.1, 0.15) is 17.5 Å². The summed E-state index contributed by atoms with van der Waals surface area (Å²) in [5.74, 6) is -2.52. The minimum atomic E-state index is -0.865. The topological polar surface area (TPSA) is 58.5 Å². The van der Waals surface area contributed by atoms with E-state index in [-0.39, 0.29) is 12.1 Å². The van der Waals surface area contributed by atoms with Gasteiger partial charge in [-0.15, -0.1) is 0 Å². The van der Waals surface area contributed by atoms with Crippen LogP contribution in [0.25, 0.3) is 0 Å². The highest BCUT2D eigenvalue weighted by Gasteiger charge is 2.31. The van der Waals surface area contributed by atoms with E-state index in [4.69, 9.17) is 0 Å². The molecule has 4 nitrogen and oxygen atoms in total. The zero-order valence-corrected chi connectivity index (χ0v) is 14.1. The molecule has 1 aliphatic heterocycles. The van der Waals surface area contributed by atoms with Crippen molar-refractivity contribution >= 4 is 34.3 Å². The van der Waals surface area contributed by atoms with Crippen LogP contribution in [0.3, 0.4) is 0 Å². The van der Waals surface area contributed by atoms with Crippen molar-refractivity contribution in [2.75, 3.05) is 5.32 Å². The third-order valence-electron chi connectivity index (χ3n) is 3.62. The number of nitrogens with zero attached hydrogens (tertiary/aromatic N) is 1. The van der Waals surface area contributed by atoms with Crippen LogP contribution in [0.2, 0.25) is 0 Å². The SMILES string of the molecule is Cc1ccc(C2=NC(=O)[C@@H](CC(=O)Nc3ccc(F)cc3F)S2)cc1. The molecule has 0 fully saturated rings. The number of thioether (sulfide) groups is 1. The lowest BCUT2D eigenvalue weighted by Crippen LogP contribution is -2.21. The van der Waals surface area contributed by atoms with Gasteiger partial charge in [-0.3, -0.25) is 9.59 Å². The minimum absolute atomic E-state index is 0.124. The number of anilines is 1. The molecule has 0 unspecified atom stereocenters. The van der Waals surface area contributed by atoms with Crippen LogP contribution in [0.4, 0.5) is 14.5 Å². The predicted octanol–water partition coefficient (Wildman–Crippen LogP) is 3.69. The Morgan fingerprint density at radius 1 is 1.20 bits per heavy atom. The van der Waals surface area contributed by atoms with Crippen LogP contribution in [0.15, 0.2) is 47.5 Å². The Morgan fingerprint density at radius 2 is 1.92 bits per heavy atom. The average Bonchev–Trinajstić information content (AvgIpc) is 2.91. The van der Waals surface area contributed by atoms with Gasteiger partial charge in [-0.05, 0) is 19.1 Å². The van der Waals surface area contributed by atoms with Crippen molar-refractivity contribution in [1.82, 2.24) is 0 Å². The molecule has 2 aromatic carbocycles. The number of hydrogen-bond donors (Lipinski definition) is 1. The predicted molar refractivity (Wildman–Crippen MR) is 93.7 cm³/mol. The van der Waals surface area contributed by atoms with Crippen LogP contribution in [0.5, 0.6) is 0 Å². The van der Waals surface area contributed by atoms with E-state index in [1.807, 2.05) is 31.2 Å². The van der Waals surface area contributed by atoms with Crippen LogP contribution < -0.4 is 5.32 Å². The first-order valence-corrected chi connectivity index (χ1v) is 8.41. The van der Waals surface area contributed by atoms with E-state index < -0.39 is 28.7 Å². The summed E-state index contributed by atoms with van der Waals surface area (Å²) in [6.45, 7) is 1.96. The van der Waals surface area contributed by atoms with Crippen molar-refractivity contribution in [2.24, 2.45) is 4.99 Å². The molecule has 0 saturated heterocycles. The van der Waals surface area contributed by atoms with Crippen molar-refractivity contribution in [3.8, 4) is 0 Å². The van der Waals surface area contributed by atoms with Crippen LogP contribution in [-0.4, -0.2) is 22.1 Å². The average molecular weight is 360 g/mol. The van der Waals surface area contributed by atoms with Gasteiger partial charge in [0.1, 0.15) is 21.9 Å². The molecule has 1 aliphatic rings. The quantitative estimate of drug-likeness (QED) is 0.905. The molecule has 2 amide bonds. The van der Waals surface area contributed by atoms with Gasteiger partial charge in [0.2, 0.25) is 5.91 Å². The fourth-order valence-corrected chi connectivity index (χ4v) is 3.37. The normalized spacial score (nSPS) is 16.7. The fourth-order valence-electron chi connectivity index (χ4n) is 2.30. The molecule has 2 aromatic rings. The second-order valence-electron chi connectivity index (χ2n) is 5.60. The van der Waals surface area contributed by atoms with Gasteiger partial charge in [0.25, 0.3) is 5.91 Å². The number of hydrogen-bond acceptors (Lipinski definition) is 3. The summed E-state index contributed by atoms with van der Waals surface area (Å²) in [5, 5.41) is 2.26. The maximum Gasteiger partial charge on any atom is 0.260 e. The third-order valence-corrected chi connectivity index (χ3v) is 4.82. The highest BCUT2D eigenvalue weighted by atomic mass is 32.2. The number of amides is 2. The van der Waals surface area contributed by atoms with Crippen LogP contribution >= 0.6 is 11.8 Å². The molecular formula is C18H14F2N2O2S. The van der Waals surface area contributed by atoms with Crippen molar-refractivity contribution in [3.63, 3.8) is 0 Å². The van der Waals surface area contributed by atoms with E-state index >= 15 is 0 Å². The van der Waals surface area contributed by atoms with Gasteiger partial charge in [0, 0.05) is 18.1 Å². The van der Waals surface area contributed by atoms with Crippen molar-refractivity contribution < 1.29 is 18.4 Å². The Morgan fingerprint density at radius 3 is 2.60 bits per heavy atom. The Hall–Kier alpha value is -2.54. The number of benzene rings is 2. The molecule has 3 rings (SSSR count). The lowest BCUT2D eigenvalue weighted by Gasteiger charge is -2.09. The number of carbonyl (C=O) groups excluding carboxylic acids is 2. The summed E-state index contributed by atoms with van der Waals surface area (Å²) in [7, 11) is 0. The van der Waals surface area contributed by atoms with E-state index in [1.165, 1.54) is 11.8 Å². The lowest BCUT2D eigenvalue weighted by molar-refractivity contribution is -0.121. The first kappa shape index (κ1) is 17.3. The summed E-state index contributed by atoms with van der Waals surface area (Å²) >= 11 is 1.21. The molecule has 0 spiro atoms. The number of carbonyl (C=O) groups is 2. The third kappa shape index (κ3) is 4.11. The van der Waals surface area contributed by atoms with Gasteiger partial charge in [0.05, 0.1) is 5.69 Å². The van der Waals surface area contributed by atoms with E-state index in [0.717, 1.165) is 23.3 Å². The number of aryl methyl sites for hydroxylation is 1. The van der Waals surface area contributed by atoms with Gasteiger partial charge < -0.3 is 5.32 Å². The number of aliphatic imine (C=N–C) groups is 1. The molecule has 1 heterocycles. The molecule has 0 aliphatic carbocycles. The van der Waals surface area contributed by atoms with Gasteiger partial charge >= 0.3 is 0 Å². The van der Waals surface area contributed by atoms with Crippen molar-refractivity contribution in [1.29, 1.82) is 0 Å². The van der Waals surface area contributed by atoms with Crippen molar-refractivity contribution in [2.45, 2.75) is 18.6 Å². The largest absolute Gasteiger partial charge is 0.324 e. The Balaban J connectivity index is 1.63. The Bertz CT molecular complexity index is 866. The Kier molecular flexibility index (Phi) is 4.94. The zero-order chi connectivity index (χ0) is 18.0. The summed E-state index contributed by atoms with van der Waals surface area (Å²) in [4.78, 5) is 28.1. The van der Waals surface area contributed by atoms with Gasteiger partial charge in [-0.2, -0.15) is 0 Å². The maximum atomic E-state index is 13.6. The molecule has 1 N–H and O–H groups in total.